The number of nitrogens with two attached hydrogens (primary N) is 1. The van der Waals surface area contributed by atoms with Crippen molar-refractivity contribution in [3.63, 3.8) is 0 Å². The van der Waals surface area contributed by atoms with E-state index in [0.29, 0.717) is 24.0 Å². The third-order valence-electron chi connectivity index (χ3n) is 2.17. The molecule has 0 aliphatic rings. The van der Waals surface area contributed by atoms with Crippen LogP contribution in [0.25, 0.3) is 11.7 Å². The van der Waals surface area contributed by atoms with Crippen molar-refractivity contribution >= 4 is 0 Å². The lowest BCUT2D eigenvalue weighted by Crippen LogP contribution is -2.26. The minimum Gasteiger partial charge on any atom is -0.351 e. The van der Waals surface area contributed by atoms with Crippen LogP contribution in [0.4, 0.5) is 0 Å². The summed E-state index contributed by atoms with van der Waals surface area (Å²) in [5, 5.41) is 7.58. The van der Waals surface area contributed by atoms with Crippen molar-refractivity contribution < 1.29 is 9.05 Å². The standard InChI is InChI=1S/C10H15N5O2/c1-6-4-8(16-13-6)10-12-9(14-17-10)7(11)5-15(2)3/h4,7H,5,11H2,1-3H3. The van der Waals surface area contributed by atoms with Crippen LogP contribution in [-0.2, 0) is 0 Å². The molecule has 7 nitrogen and oxygen atoms in total. The van der Waals surface area contributed by atoms with Crippen LogP contribution >= 0.6 is 0 Å². The van der Waals surface area contributed by atoms with Gasteiger partial charge in [0, 0.05) is 12.6 Å². The summed E-state index contributed by atoms with van der Waals surface area (Å²) >= 11 is 0. The zero-order chi connectivity index (χ0) is 12.4. The summed E-state index contributed by atoms with van der Waals surface area (Å²) in [4.78, 5) is 6.14. The van der Waals surface area contributed by atoms with Gasteiger partial charge in [-0.15, -0.1) is 0 Å². The first-order chi connectivity index (χ1) is 8.06. The fourth-order valence-electron chi connectivity index (χ4n) is 1.42. The lowest BCUT2D eigenvalue weighted by Gasteiger charge is -2.12. The van der Waals surface area contributed by atoms with Gasteiger partial charge in [0.2, 0.25) is 5.76 Å². The number of nitrogens with zero attached hydrogens (tertiary/aromatic N) is 4. The molecule has 2 heterocycles. The van der Waals surface area contributed by atoms with Gasteiger partial charge in [-0.3, -0.25) is 0 Å². The Morgan fingerprint density at radius 2 is 2.12 bits per heavy atom. The maximum absolute atomic E-state index is 5.92. The highest BCUT2D eigenvalue weighted by Crippen LogP contribution is 2.19. The van der Waals surface area contributed by atoms with E-state index < -0.39 is 0 Å². The Kier molecular flexibility index (Phi) is 3.21. The normalized spacial score (nSPS) is 13.2. The summed E-state index contributed by atoms with van der Waals surface area (Å²) in [5.41, 5.74) is 6.68. The molecule has 0 radical (unpaired) electrons. The molecule has 0 amide bonds. The molecule has 0 aliphatic heterocycles. The van der Waals surface area contributed by atoms with Crippen LogP contribution in [-0.4, -0.2) is 40.8 Å². The lowest BCUT2D eigenvalue weighted by atomic mass is 10.3. The van der Waals surface area contributed by atoms with Gasteiger partial charge in [-0.1, -0.05) is 10.3 Å². The summed E-state index contributed by atoms with van der Waals surface area (Å²) in [5.74, 6) is 1.22. The van der Waals surface area contributed by atoms with E-state index in [0.717, 1.165) is 5.69 Å². The largest absolute Gasteiger partial charge is 0.351 e. The third kappa shape index (κ3) is 2.69. The molecular formula is C10H15N5O2. The number of hydrogen-bond donors (Lipinski definition) is 1. The Labute approximate surface area is 98.6 Å². The lowest BCUT2D eigenvalue weighted by molar-refractivity contribution is 0.352. The highest BCUT2D eigenvalue weighted by atomic mass is 16.5. The molecule has 2 rings (SSSR count). The second-order valence-electron chi connectivity index (χ2n) is 4.16. The summed E-state index contributed by atoms with van der Waals surface area (Å²) < 4.78 is 10.1. The molecule has 1 atom stereocenters. The zero-order valence-corrected chi connectivity index (χ0v) is 10.0. The Morgan fingerprint density at radius 3 is 2.71 bits per heavy atom. The summed E-state index contributed by atoms with van der Waals surface area (Å²) in [6, 6.07) is 1.45. The molecule has 92 valence electrons. The monoisotopic (exact) mass is 237 g/mol. The molecule has 0 saturated heterocycles. The molecule has 1 unspecified atom stereocenters. The van der Waals surface area contributed by atoms with Gasteiger partial charge in [0.15, 0.2) is 5.82 Å². The quantitative estimate of drug-likeness (QED) is 0.831. The molecular weight excluding hydrogens is 222 g/mol. The van der Waals surface area contributed by atoms with Gasteiger partial charge in [-0.25, -0.2) is 0 Å². The molecule has 0 aliphatic carbocycles. The van der Waals surface area contributed by atoms with Crippen LogP contribution in [0.15, 0.2) is 15.1 Å². The average Bonchev–Trinajstić information content (AvgIpc) is 2.84. The van der Waals surface area contributed by atoms with Gasteiger partial charge in [0.05, 0.1) is 11.7 Å². The first-order valence-corrected chi connectivity index (χ1v) is 5.24. The molecule has 2 N–H and O–H groups in total. The summed E-state index contributed by atoms with van der Waals surface area (Å²) in [7, 11) is 3.86. The van der Waals surface area contributed by atoms with Crippen molar-refractivity contribution in [2.24, 2.45) is 5.73 Å². The van der Waals surface area contributed by atoms with Gasteiger partial charge < -0.3 is 19.7 Å². The molecule has 2 aromatic heterocycles. The Bertz CT molecular complexity index is 490. The topological polar surface area (TPSA) is 94.2 Å². The van der Waals surface area contributed by atoms with E-state index in [1.807, 2.05) is 25.9 Å². The molecule has 0 spiro atoms. The average molecular weight is 237 g/mol. The molecule has 0 fully saturated rings. The molecule has 17 heavy (non-hydrogen) atoms. The van der Waals surface area contributed by atoms with E-state index in [9.17, 15) is 0 Å². The second-order valence-corrected chi connectivity index (χ2v) is 4.16. The van der Waals surface area contributed by atoms with Gasteiger partial charge >= 0.3 is 0 Å². The number of likely N-dealkylation sites (N-methyl/N-ethyl adjacent to an activating group) is 1. The van der Waals surface area contributed by atoms with Crippen molar-refractivity contribution in [1.29, 1.82) is 0 Å². The van der Waals surface area contributed by atoms with Crippen LogP contribution in [0.2, 0.25) is 0 Å². The number of hydrogen-bond acceptors (Lipinski definition) is 7. The summed E-state index contributed by atoms with van der Waals surface area (Å²) in [6.07, 6.45) is 0. The first kappa shape index (κ1) is 11.7. The predicted octanol–water partition coefficient (Wildman–Crippen LogP) is 0.594. The predicted molar refractivity (Wildman–Crippen MR) is 60.0 cm³/mol. The van der Waals surface area contributed by atoms with Crippen LogP contribution in [0.5, 0.6) is 0 Å². The minimum atomic E-state index is -0.286. The second kappa shape index (κ2) is 4.64. The number of aromatic nitrogens is 3. The van der Waals surface area contributed by atoms with E-state index in [1.165, 1.54) is 0 Å². The van der Waals surface area contributed by atoms with E-state index >= 15 is 0 Å². The minimum absolute atomic E-state index is 0.286. The Morgan fingerprint density at radius 1 is 1.35 bits per heavy atom. The van der Waals surface area contributed by atoms with Crippen LogP contribution in [0.1, 0.15) is 17.6 Å². The Hall–Kier alpha value is -1.73. The van der Waals surface area contributed by atoms with E-state index in [-0.39, 0.29) is 6.04 Å². The van der Waals surface area contributed by atoms with Crippen LogP contribution in [0.3, 0.4) is 0 Å². The van der Waals surface area contributed by atoms with Crippen LogP contribution in [0, 0.1) is 6.92 Å². The molecule has 0 aromatic carbocycles. The van der Waals surface area contributed by atoms with E-state index in [1.54, 1.807) is 6.07 Å². The SMILES string of the molecule is Cc1cc(-c2nc(C(N)CN(C)C)no2)on1. The zero-order valence-electron chi connectivity index (χ0n) is 10.0. The fraction of sp³-hybridized carbons (Fsp3) is 0.500. The molecule has 2 aromatic rings. The molecule has 7 heteroatoms. The van der Waals surface area contributed by atoms with Crippen molar-refractivity contribution in [2.45, 2.75) is 13.0 Å². The number of rotatable bonds is 4. The number of aryl methyl sites for hydroxylation is 1. The van der Waals surface area contributed by atoms with E-state index in [2.05, 4.69) is 15.3 Å². The van der Waals surface area contributed by atoms with Crippen molar-refractivity contribution in [2.75, 3.05) is 20.6 Å². The maximum atomic E-state index is 5.92. The first-order valence-electron chi connectivity index (χ1n) is 5.24. The van der Waals surface area contributed by atoms with Gasteiger partial charge in [0.1, 0.15) is 0 Å². The van der Waals surface area contributed by atoms with Gasteiger partial charge in [-0.2, -0.15) is 4.98 Å². The van der Waals surface area contributed by atoms with Crippen molar-refractivity contribution in [1.82, 2.24) is 20.2 Å². The Balaban J connectivity index is 2.15. The van der Waals surface area contributed by atoms with Crippen LogP contribution < -0.4 is 5.73 Å². The van der Waals surface area contributed by atoms with Gasteiger partial charge in [-0.05, 0) is 21.0 Å². The summed E-state index contributed by atoms with van der Waals surface area (Å²) in [6.45, 7) is 2.47. The fourth-order valence-corrected chi connectivity index (χ4v) is 1.42. The van der Waals surface area contributed by atoms with Crippen molar-refractivity contribution in [3.05, 3.63) is 17.6 Å². The van der Waals surface area contributed by atoms with E-state index in [4.69, 9.17) is 14.8 Å². The highest BCUT2D eigenvalue weighted by Gasteiger charge is 2.18. The maximum Gasteiger partial charge on any atom is 0.296 e. The molecule has 0 saturated carbocycles. The molecule has 0 bridgehead atoms. The van der Waals surface area contributed by atoms with Gasteiger partial charge in [0.25, 0.3) is 5.89 Å². The third-order valence-corrected chi connectivity index (χ3v) is 2.17. The smallest absolute Gasteiger partial charge is 0.296 e. The highest BCUT2D eigenvalue weighted by molar-refractivity contribution is 5.43. The van der Waals surface area contributed by atoms with Crippen molar-refractivity contribution in [3.8, 4) is 11.7 Å².